The normalized spacial score (nSPS) is 12.4. The lowest BCUT2D eigenvalue weighted by Crippen LogP contribution is -2.34. The second kappa shape index (κ2) is 6.66. The third kappa shape index (κ3) is 3.61. The van der Waals surface area contributed by atoms with E-state index in [1.54, 1.807) is 11.3 Å². The second-order valence-corrected chi connectivity index (χ2v) is 4.76. The highest BCUT2D eigenvalue weighted by atomic mass is 32.1. The zero-order chi connectivity index (χ0) is 12.0. The molecule has 1 unspecified atom stereocenters. The van der Waals surface area contributed by atoms with E-state index in [1.165, 1.54) is 11.1 Å². The Morgan fingerprint density at radius 3 is 2.81 bits per heavy atom. The third-order valence-corrected chi connectivity index (χ3v) is 3.62. The first-order valence-electron chi connectivity index (χ1n) is 5.68. The Labute approximate surface area is 101 Å². The highest BCUT2D eigenvalue weighted by Crippen LogP contribution is 2.13. The number of thiophene rings is 1. The van der Waals surface area contributed by atoms with Gasteiger partial charge >= 0.3 is 0 Å². The number of hydrogen-bond donors (Lipinski definition) is 2. The van der Waals surface area contributed by atoms with Crippen LogP contribution in [0.15, 0.2) is 10.8 Å². The minimum Gasteiger partial charge on any atom is -0.352 e. The van der Waals surface area contributed by atoms with Crippen molar-refractivity contribution in [1.82, 2.24) is 5.32 Å². The fraction of sp³-hybridized carbons (Fsp3) is 0.583. The third-order valence-electron chi connectivity index (χ3n) is 2.71. The minimum absolute atomic E-state index is 0.0380. The number of aryl methyl sites for hydroxylation is 1. The van der Waals surface area contributed by atoms with Crippen molar-refractivity contribution >= 4 is 17.2 Å². The SMILES string of the molecule is CCCC(CN)C(=O)NCc1cscc1C. The summed E-state index contributed by atoms with van der Waals surface area (Å²) in [6.07, 6.45) is 1.86. The molecule has 0 saturated heterocycles. The molecule has 0 bridgehead atoms. The van der Waals surface area contributed by atoms with Gasteiger partial charge in [-0.15, -0.1) is 0 Å². The van der Waals surface area contributed by atoms with Gasteiger partial charge in [0.2, 0.25) is 5.91 Å². The molecular weight excluding hydrogens is 220 g/mol. The van der Waals surface area contributed by atoms with Crippen molar-refractivity contribution in [1.29, 1.82) is 0 Å². The number of nitrogens with one attached hydrogen (secondary N) is 1. The first kappa shape index (κ1) is 13.2. The van der Waals surface area contributed by atoms with Crippen molar-refractivity contribution in [3.63, 3.8) is 0 Å². The van der Waals surface area contributed by atoms with Gasteiger partial charge in [0, 0.05) is 13.1 Å². The summed E-state index contributed by atoms with van der Waals surface area (Å²) < 4.78 is 0. The molecule has 0 aromatic carbocycles. The van der Waals surface area contributed by atoms with Crippen LogP contribution in [-0.4, -0.2) is 12.5 Å². The zero-order valence-corrected chi connectivity index (χ0v) is 10.8. The van der Waals surface area contributed by atoms with Gasteiger partial charge in [-0.2, -0.15) is 11.3 Å². The van der Waals surface area contributed by atoms with Gasteiger partial charge in [-0.1, -0.05) is 13.3 Å². The van der Waals surface area contributed by atoms with Crippen LogP contribution >= 0.6 is 11.3 Å². The van der Waals surface area contributed by atoms with Gasteiger partial charge in [0.1, 0.15) is 0 Å². The fourth-order valence-corrected chi connectivity index (χ4v) is 2.46. The maximum atomic E-state index is 11.8. The van der Waals surface area contributed by atoms with Crippen molar-refractivity contribution in [2.75, 3.05) is 6.54 Å². The summed E-state index contributed by atoms with van der Waals surface area (Å²) >= 11 is 1.67. The zero-order valence-electron chi connectivity index (χ0n) is 9.95. The van der Waals surface area contributed by atoms with E-state index in [0.717, 1.165) is 12.8 Å². The van der Waals surface area contributed by atoms with Gasteiger partial charge < -0.3 is 11.1 Å². The molecule has 1 heterocycles. The summed E-state index contributed by atoms with van der Waals surface area (Å²) in [6, 6.07) is 0. The monoisotopic (exact) mass is 240 g/mol. The van der Waals surface area contributed by atoms with E-state index >= 15 is 0 Å². The van der Waals surface area contributed by atoms with Crippen molar-refractivity contribution < 1.29 is 4.79 Å². The molecule has 0 aliphatic rings. The smallest absolute Gasteiger partial charge is 0.224 e. The first-order valence-corrected chi connectivity index (χ1v) is 6.62. The Kier molecular flexibility index (Phi) is 5.49. The van der Waals surface area contributed by atoms with E-state index in [4.69, 9.17) is 5.73 Å². The van der Waals surface area contributed by atoms with Crippen LogP contribution in [0.2, 0.25) is 0 Å². The molecule has 3 nitrogen and oxygen atoms in total. The van der Waals surface area contributed by atoms with Crippen LogP contribution in [0, 0.1) is 12.8 Å². The van der Waals surface area contributed by atoms with E-state index in [9.17, 15) is 4.79 Å². The molecule has 0 aliphatic heterocycles. The van der Waals surface area contributed by atoms with E-state index in [0.29, 0.717) is 13.1 Å². The Morgan fingerprint density at radius 1 is 1.56 bits per heavy atom. The molecule has 1 amide bonds. The summed E-state index contributed by atoms with van der Waals surface area (Å²) in [5, 5.41) is 7.12. The van der Waals surface area contributed by atoms with Crippen molar-refractivity contribution in [3.8, 4) is 0 Å². The van der Waals surface area contributed by atoms with Gasteiger partial charge in [-0.3, -0.25) is 4.79 Å². The molecule has 4 heteroatoms. The largest absolute Gasteiger partial charge is 0.352 e. The van der Waals surface area contributed by atoms with Crippen LogP contribution < -0.4 is 11.1 Å². The first-order chi connectivity index (χ1) is 7.69. The quantitative estimate of drug-likeness (QED) is 0.799. The number of amides is 1. The van der Waals surface area contributed by atoms with E-state index in [1.807, 2.05) is 0 Å². The van der Waals surface area contributed by atoms with Crippen molar-refractivity contribution in [2.45, 2.75) is 33.2 Å². The Morgan fingerprint density at radius 2 is 2.31 bits per heavy atom. The molecule has 0 saturated carbocycles. The lowest BCUT2D eigenvalue weighted by atomic mass is 10.0. The van der Waals surface area contributed by atoms with Gasteiger partial charge in [0.25, 0.3) is 0 Å². The fourth-order valence-electron chi connectivity index (χ4n) is 1.60. The molecule has 1 rings (SSSR count). The Bertz CT molecular complexity index is 336. The van der Waals surface area contributed by atoms with Crippen LogP contribution in [0.4, 0.5) is 0 Å². The van der Waals surface area contributed by atoms with Crippen LogP contribution in [0.1, 0.15) is 30.9 Å². The van der Waals surface area contributed by atoms with Crippen molar-refractivity contribution in [3.05, 3.63) is 21.9 Å². The van der Waals surface area contributed by atoms with Gasteiger partial charge in [-0.25, -0.2) is 0 Å². The molecule has 1 atom stereocenters. The second-order valence-electron chi connectivity index (χ2n) is 4.02. The van der Waals surface area contributed by atoms with Crippen LogP contribution in [-0.2, 0) is 11.3 Å². The molecule has 1 aromatic rings. The summed E-state index contributed by atoms with van der Waals surface area (Å²) in [5.41, 5.74) is 8.02. The number of rotatable bonds is 6. The number of carbonyl (C=O) groups is 1. The standard InChI is InChI=1S/C12H20N2OS/c1-3-4-10(5-13)12(15)14-6-11-8-16-7-9(11)2/h7-8,10H,3-6,13H2,1-2H3,(H,14,15). The van der Waals surface area contributed by atoms with Crippen LogP contribution in [0.3, 0.4) is 0 Å². The molecule has 0 aliphatic carbocycles. The van der Waals surface area contributed by atoms with Gasteiger partial charge in [-0.05, 0) is 35.2 Å². The van der Waals surface area contributed by atoms with E-state index in [-0.39, 0.29) is 11.8 Å². The molecule has 16 heavy (non-hydrogen) atoms. The molecule has 0 fully saturated rings. The summed E-state index contributed by atoms with van der Waals surface area (Å²) in [6.45, 7) is 5.18. The average Bonchev–Trinajstić information content (AvgIpc) is 2.68. The lowest BCUT2D eigenvalue weighted by molar-refractivity contribution is -0.125. The topological polar surface area (TPSA) is 55.1 Å². The van der Waals surface area contributed by atoms with E-state index < -0.39 is 0 Å². The minimum atomic E-state index is -0.0380. The highest BCUT2D eigenvalue weighted by Gasteiger charge is 2.15. The van der Waals surface area contributed by atoms with E-state index in [2.05, 4.69) is 29.9 Å². The predicted molar refractivity (Wildman–Crippen MR) is 68.4 cm³/mol. The molecule has 0 radical (unpaired) electrons. The summed E-state index contributed by atoms with van der Waals surface area (Å²) in [5.74, 6) is 0.0406. The molecule has 1 aromatic heterocycles. The van der Waals surface area contributed by atoms with Crippen LogP contribution in [0.25, 0.3) is 0 Å². The number of carbonyl (C=O) groups excluding carboxylic acids is 1. The lowest BCUT2D eigenvalue weighted by Gasteiger charge is -2.13. The molecule has 0 spiro atoms. The highest BCUT2D eigenvalue weighted by molar-refractivity contribution is 7.08. The summed E-state index contributed by atoms with van der Waals surface area (Å²) in [4.78, 5) is 11.8. The number of hydrogen-bond acceptors (Lipinski definition) is 3. The molecular formula is C12H20N2OS. The molecule has 90 valence electrons. The maximum Gasteiger partial charge on any atom is 0.224 e. The summed E-state index contributed by atoms with van der Waals surface area (Å²) in [7, 11) is 0. The predicted octanol–water partition coefficient (Wildman–Crippen LogP) is 2.05. The number of nitrogens with two attached hydrogens (primary N) is 1. The Balaban J connectivity index is 2.42. The maximum absolute atomic E-state index is 11.8. The molecule has 3 N–H and O–H groups in total. The Hall–Kier alpha value is -0.870. The van der Waals surface area contributed by atoms with Crippen molar-refractivity contribution in [2.24, 2.45) is 11.7 Å². The van der Waals surface area contributed by atoms with Gasteiger partial charge in [0.15, 0.2) is 0 Å². The van der Waals surface area contributed by atoms with Crippen LogP contribution in [0.5, 0.6) is 0 Å². The van der Waals surface area contributed by atoms with Gasteiger partial charge in [0.05, 0.1) is 5.92 Å². The average molecular weight is 240 g/mol.